The molecule has 0 atom stereocenters. The molecule has 0 spiro atoms. The van der Waals surface area contributed by atoms with Gasteiger partial charge in [0.25, 0.3) is 17.8 Å². The topological polar surface area (TPSA) is 17.1 Å². The first kappa shape index (κ1) is 18.0. The molecule has 0 unspecified atom stereocenters. The van der Waals surface area contributed by atoms with Gasteiger partial charge < -0.3 is 0 Å². The number of ketones is 1. The van der Waals surface area contributed by atoms with Gasteiger partial charge in [0.1, 0.15) is 0 Å². The van der Waals surface area contributed by atoms with Crippen LogP contribution in [0, 0.1) is 0 Å². The molecule has 0 aromatic heterocycles. The fraction of sp³-hybridized carbons (Fsp3) is 0.136. The normalized spacial score (nSPS) is 19.6. The third kappa shape index (κ3) is 2.10. The number of fused-ring (bicyclic) bond motifs is 4. The minimum absolute atomic E-state index is 0.337. The highest BCUT2D eigenvalue weighted by Gasteiger charge is 2.55. The Morgan fingerprint density at radius 3 is 1.52 bits per heavy atom. The monoisotopic (exact) mass is 404 g/mol. The van der Waals surface area contributed by atoms with Gasteiger partial charge in [0, 0.05) is 44.5 Å². The molecule has 2 aliphatic carbocycles. The van der Waals surface area contributed by atoms with Crippen LogP contribution in [0.4, 0.5) is 26.3 Å². The van der Waals surface area contributed by atoms with Gasteiger partial charge in [-0.2, -0.15) is 26.3 Å². The second-order valence-corrected chi connectivity index (χ2v) is 7.09. The predicted molar refractivity (Wildman–Crippen MR) is 91.7 cm³/mol. The summed E-state index contributed by atoms with van der Waals surface area (Å²) in [5.41, 5.74) is -6.86. The lowest BCUT2D eigenvalue weighted by molar-refractivity contribution is -0.0127. The lowest BCUT2D eigenvalue weighted by Gasteiger charge is -2.36. The Bertz CT molecular complexity index is 1210. The van der Waals surface area contributed by atoms with E-state index in [0.717, 1.165) is 24.3 Å². The van der Waals surface area contributed by atoms with Gasteiger partial charge >= 0.3 is 0 Å². The summed E-state index contributed by atoms with van der Waals surface area (Å²) < 4.78 is 90.5. The Balaban J connectivity index is 1.86. The molecule has 0 fully saturated rings. The van der Waals surface area contributed by atoms with Crippen LogP contribution in [0.3, 0.4) is 0 Å². The molecule has 0 heterocycles. The molecule has 0 saturated carbocycles. The van der Waals surface area contributed by atoms with Gasteiger partial charge in [0.2, 0.25) is 0 Å². The maximum Gasteiger partial charge on any atom is 0.299 e. The van der Waals surface area contributed by atoms with Crippen molar-refractivity contribution >= 4 is 5.78 Å². The van der Waals surface area contributed by atoms with Crippen LogP contribution in [0.2, 0.25) is 0 Å². The van der Waals surface area contributed by atoms with Crippen molar-refractivity contribution < 1.29 is 31.1 Å². The number of hydrogen-bond donors (Lipinski definition) is 0. The summed E-state index contributed by atoms with van der Waals surface area (Å²) in [7, 11) is 0. The Kier molecular flexibility index (Phi) is 3.28. The van der Waals surface area contributed by atoms with E-state index in [2.05, 4.69) is 0 Å². The van der Waals surface area contributed by atoms with E-state index in [-0.39, 0.29) is 5.56 Å². The molecule has 3 aromatic rings. The van der Waals surface area contributed by atoms with Crippen LogP contribution >= 0.6 is 0 Å². The van der Waals surface area contributed by atoms with Crippen molar-refractivity contribution in [3.63, 3.8) is 0 Å². The summed E-state index contributed by atoms with van der Waals surface area (Å²) in [6.07, 6.45) is 0. The number of rotatable bonds is 0. The Morgan fingerprint density at radius 1 is 0.483 bits per heavy atom. The number of hydrogen-bond acceptors (Lipinski definition) is 1. The van der Waals surface area contributed by atoms with Crippen LogP contribution in [0.25, 0.3) is 0 Å². The number of carbonyl (C=O) groups excluding carboxylic acids is 1. The maximum atomic E-state index is 15.1. The summed E-state index contributed by atoms with van der Waals surface area (Å²) in [4.78, 5) is 12.7. The molecule has 7 heteroatoms. The summed E-state index contributed by atoms with van der Waals surface area (Å²) >= 11 is 0. The standard InChI is InChI=1S/C22H10F6O/c23-20(24)13-6-2-1-5-11(13)19(29)12-9-17-18(10-16(12)20)22(27,28)15-8-4-3-7-14(15)21(17,25)26/h1-10H. The Hall–Kier alpha value is -3.09. The van der Waals surface area contributed by atoms with Gasteiger partial charge in [0.15, 0.2) is 5.78 Å². The second kappa shape index (κ2) is 5.28. The zero-order valence-corrected chi connectivity index (χ0v) is 14.4. The zero-order chi connectivity index (χ0) is 20.8. The smallest absolute Gasteiger partial charge is 0.289 e. The van der Waals surface area contributed by atoms with E-state index >= 15 is 26.3 Å². The van der Waals surface area contributed by atoms with E-state index in [1.54, 1.807) is 0 Å². The summed E-state index contributed by atoms with van der Waals surface area (Å²) in [5, 5.41) is 0. The number of carbonyl (C=O) groups is 1. The van der Waals surface area contributed by atoms with Gasteiger partial charge in [-0.25, -0.2) is 0 Å². The average Bonchev–Trinajstić information content (AvgIpc) is 2.70. The highest BCUT2D eigenvalue weighted by molar-refractivity contribution is 6.13. The number of halogens is 6. The van der Waals surface area contributed by atoms with E-state index in [0.29, 0.717) is 12.1 Å². The maximum absolute atomic E-state index is 15.1. The van der Waals surface area contributed by atoms with Crippen LogP contribution < -0.4 is 0 Å². The van der Waals surface area contributed by atoms with Crippen LogP contribution in [0.1, 0.15) is 49.3 Å². The Labute approximate surface area is 160 Å². The van der Waals surface area contributed by atoms with Crippen molar-refractivity contribution in [1.29, 1.82) is 0 Å². The van der Waals surface area contributed by atoms with Crippen molar-refractivity contribution in [2.24, 2.45) is 0 Å². The van der Waals surface area contributed by atoms with E-state index in [1.807, 2.05) is 0 Å². The minimum Gasteiger partial charge on any atom is -0.289 e. The molecule has 0 bridgehead atoms. The fourth-order valence-electron chi connectivity index (χ4n) is 4.13. The summed E-state index contributed by atoms with van der Waals surface area (Å²) in [6, 6.07) is 9.82. The lowest BCUT2D eigenvalue weighted by Crippen LogP contribution is -2.36. The number of alkyl halides is 6. The van der Waals surface area contributed by atoms with Crippen molar-refractivity contribution in [2.45, 2.75) is 17.8 Å². The quantitative estimate of drug-likeness (QED) is 0.422. The zero-order valence-electron chi connectivity index (χ0n) is 14.4. The van der Waals surface area contributed by atoms with Gasteiger partial charge in [0.05, 0.1) is 0 Å². The molecule has 2 aliphatic rings. The van der Waals surface area contributed by atoms with E-state index in [4.69, 9.17) is 0 Å². The van der Waals surface area contributed by atoms with Gasteiger partial charge in [-0.05, 0) is 12.1 Å². The molecule has 0 saturated heterocycles. The molecular formula is C22H10F6O. The molecule has 0 N–H and O–H groups in total. The van der Waals surface area contributed by atoms with Crippen LogP contribution in [-0.2, 0) is 17.8 Å². The molecule has 0 amide bonds. The Morgan fingerprint density at radius 2 is 0.931 bits per heavy atom. The average molecular weight is 404 g/mol. The third-order valence-corrected chi connectivity index (χ3v) is 5.53. The first-order valence-electron chi connectivity index (χ1n) is 8.65. The molecule has 146 valence electrons. The molecule has 29 heavy (non-hydrogen) atoms. The minimum atomic E-state index is -3.92. The molecule has 5 rings (SSSR count). The molecule has 3 aromatic carbocycles. The van der Waals surface area contributed by atoms with E-state index in [9.17, 15) is 4.79 Å². The summed E-state index contributed by atoms with van der Waals surface area (Å²) in [6.45, 7) is 0. The fourth-order valence-corrected chi connectivity index (χ4v) is 4.13. The first-order valence-corrected chi connectivity index (χ1v) is 8.65. The van der Waals surface area contributed by atoms with Crippen LogP contribution in [0.15, 0.2) is 60.7 Å². The van der Waals surface area contributed by atoms with E-state index in [1.165, 1.54) is 24.3 Å². The third-order valence-electron chi connectivity index (χ3n) is 5.53. The van der Waals surface area contributed by atoms with Crippen molar-refractivity contribution in [3.05, 3.63) is 105 Å². The predicted octanol–water partition coefficient (Wildman–Crippen LogP) is 5.96. The van der Waals surface area contributed by atoms with Crippen molar-refractivity contribution in [1.82, 2.24) is 0 Å². The SMILES string of the molecule is O=C1c2ccccc2C(F)(F)c2cc3c(cc21)C(F)(F)c1ccccc1C3(F)F. The van der Waals surface area contributed by atoms with E-state index < -0.39 is 62.5 Å². The van der Waals surface area contributed by atoms with Gasteiger partial charge in [-0.3, -0.25) is 4.79 Å². The first-order chi connectivity index (χ1) is 13.6. The molecular weight excluding hydrogens is 394 g/mol. The van der Waals surface area contributed by atoms with Crippen molar-refractivity contribution in [2.75, 3.05) is 0 Å². The molecule has 0 radical (unpaired) electrons. The molecule has 0 aliphatic heterocycles. The highest BCUT2D eigenvalue weighted by Crippen LogP contribution is 2.55. The van der Waals surface area contributed by atoms with Crippen LogP contribution in [0.5, 0.6) is 0 Å². The van der Waals surface area contributed by atoms with Crippen LogP contribution in [-0.4, -0.2) is 5.78 Å². The van der Waals surface area contributed by atoms with Crippen molar-refractivity contribution in [3.8, 4) is 0 Å². The van der Waals surface area contributed by atoms with Gasteiger partial charge in [-0.1, -0.05) is 48.5 Å². The highest BCUT2D eigenvalue weighted by atomic mass is 19.3. The van der Waals surface area contributed by atoms with Gasteiger partial charge in [-0.15, -0.1) is 0 Å². The number of benzene rings is 3. The second-order valence-electron chi connectivity index (χ2n) is 7.09. The molecule has 1 nitrogen and oxygen atoms in total. The largest absolute Gasteiger partial charge is 0.299 e. The summed E-state index contributed by atoms with van der Waals surface area (Å²) in [5.74, 6) is -12.5. The lowest BCUT2D eigenvalue weighted by atomic mass is 9.74.